The van der Waals surface area contributed by atoms with Crippen molar-refractivity contribution >= 4 is 28.5 Å². The monoisotopic (exact) mass is 403 g/mol. The fraction of sp³-hybridized carbons (Fsp3) is 0.217. The summed E-state index contributed by atoms with van der Waals surface area (Å²) in [6.07, 6.45) is 0.144. The van der Waals surface area contributed by atoms with Gasteiger partial charge in [-0.3, -0.25) is 9.59 Å². The Labute approximate surface area is 173 Å². The van der Waals surface area contributed by atoms with Gasteiger partial charge in [0.1, 0.15) is 0 Å². The van der Waals surface area contributed by atoms with Crippen LogP contribution in [0.1, 0.15) is 27.9 Å². The van der Waals surface area contributed by atoms with Crippen LogP contribution in [0.3, 0.4) is 0 Å². The number of aromatic nitrogens is 1. The fourth-order valence-electron chi connectivity index (χ4n) is 3.32. The maximum Gasteiger partial charge on any atom is 0.339 e. The molecule has 30 heavy (non-hydrogen) atoms. The number of para-hydroxylation sites is 1. The van der Waals surface area contributed by atoms with Crippen LogP contribution >= 0.6 is 0 Å². The van der Waals surface area contributed by atoms with E-state index < -0.39 is 24.0 Å². The first-order valence-electron chi connectivity index (χ1n) is 9.44. The fourth-order valence-corrected chi connectivity index (χ4v) is 3.32. The van der Waals surface area contributed by atoms with E-state index in [9.17, 15) is 14.4 Å². The maximum absolute atomic E-state index is 12.8. The maximum atomic E-state index is 12.8. The summed E-state index contributed by atoms with van der Waals surface area (Å²) >= 11 is 0. The number of rotatable bonds is 6. The van der Waals surface area contributed by atoms with Gasteiger partial charge >= 0.3 is 5.97 Å². The highest BCUT2D eigenvalue weighted by Crippen LogP contribution is 2.20. The van der Waals surface area contributed by atoms with E-state index in [-0.39, 0.29) is 18.5 Å². The third kappa shape index (κ3) is 4.73. The molecule has 0 saturated heterocycles. The number of fused-ring (bicyclic) bond motifs is 1. The van der Waals surface area contributed by atoms with Gasteiger partial charge in [0.25, 0.3) is 5.91 Å². The van der Waals surface area contributed by atoms with Crippen molar-refractivity contribution in [2.24, 2.45) is 0 Å². The molecule has 1 N–H and O–H groups in total. The summed E-state index contributed by atoms with van der Waals surface area (Å²) in [6, 6.07) is 15.7. The van der Waals surface area contributed by atoms with Crippen molar-refractivity contribution in [3.63, 3.8) is 0 Å². The number of hydrogen-bond acceptors (Lipinski definition) is 5. The van der Waals surface area contributed by atoms with Gasteiger partial charge in [0, 0.05) is 29.2 Å². The summed E-state index contributed by atoms with van der Waals surface area (Å²) in [5, 5.41) is 9.47. The van der Waals surface area contributed by atoms with Crippen molar-refractivity contribution in [2.45, 2.75) is 20.3 Å². The van der Waals surface area contributed by atoms with Gasteiger partial charge < -0.3 is 14.6 Å². The molecule has 1 heterocycles. The van der Waals surface area contributed by atoms with Gasteiger partial charge in [-0.2, -0.15) is 5.26 Å². The first kappa shape index (κ1) is 20.8. The minimum atomic E-state index is -0.758. The highest BCUT2D eigenvalue weighted by molar-refractivity contribution is 6.04. The molecule has 1 amide bonds. The van der Waals surface area contributed by atoms with Crippen LogP contribution in [0.25, 0.3) is 10.9 Å². The molecule has 7 nitrogen and oxygen atoms in total. The molecule has 152 valence electrons. The number of aromatic amines is 1. The summed E-state index contributed by atoms with van der Waals surface area (Å²) in [6.45, 7) is 3.52. The topological polar surface area (TPSA) is 103 Å². The minimum Gasteiger partial charge on any atom is -0.452 e. The Morgan fingerprint density at radius 3 is 2.50 bits per heavy atom. The zero-order valence-corrected chi connectivity index (χ0v) is 16.8. The Balaban J connectivity index is 1.81. The normalized spacial score (nSPS) is 10.4. The number of hydrogen-bond donors (Lipinski definition) is 1. The smallest absolute Gasteiger partial charge is 0.339 e. The number of benzene rings is 2. The van der Waals surface area contributed by atoms with Crippen molar-refractivity contribution in [1.29, 1.82) is 5.26 Å². The van der Waals surface area contributed by atoms with E-state index in [1.807, 2.05) is 38.1 Å². The number of nitriles is 1. The summed E-state index contributed by atoms with van der Waals surface area (Å²) in [4.78, 5) is 41.4. The number of amides is 1. The van der Waals surface area contributed by atoms with Gasteiger partial charge in [-0.1, -0.05) is 24.3 Å². The van der Waals surface area contributed by atoms with Crippen molar-refractivity contribution in [3.8, 4) is 6.07 Å². The molecule has 0 saturated carbocycles. The van der Waals surface area contributed by atoms with E-state index >= 15 is 0 Å². The van der Waals surface area contributed by atoms with Crippen LogP contribution in [0.15, 0.2) is 53.3 Å². The largest absolute Gasteiger partial charge is 0.452 e. The Hall–Kier alpha value is -3.92. The molecule has 0 spiro atoms. The SMILES string of the molecule is Cc1cc(C)cc(N(CCC#N)C(=O)COC(=O)c2cc(=O)[nH]c3ccccc23)c1. The van der Waals surface area contributed by atoms with Gasteiger partial charge in [0.2, 0.25) is 5.56 Å². The van der Waals surface area contributed by atoms with E-state index in [4.69, 9.17) is 10.00 Å². The van der Waals surface area contributed by atoms with Gasteiger partial charge in [-0.15, -0.1) is 0 Å². The number of pyridine rings is 1. The molecule has 3 aromatic rings. The number of aryl methyl sites for hydroxylation is 2. The zero-order valence-electron chi connectivity index (χ0n) is 16.8. The standard InChI is InChI=1S/C23H21N3O4/c1-15-10-16(2)12-17(11-15)26(9-5-8-24)22(28)14-30-23(29)19-13-21(27)25-20-7-4-3-6-18(19)20/h3-4,6-7,10-13H,5,9,14H2,1-2H3,(H,25,27). The molecule has 7 heteroatoms. The Bertz CT molecular complexity index is 1190. The van der Waals surface area contributed by atoms with Crippen LogP contribution in [0.4, 0.5) is 5.69 Å². The third-order valence-corrected chi connectivity index (χ3v) is 4.56. The number of carbonyl (C=O) groups is 2. The average Bonchev–Trinajstić information content (AvgIpc) is 2.71. The van der Waals surface area contributed by atoms with Gasteiger partial charge in [-0.05, 0) is 43.2 Å². The summed E-state index contributed by atoms with van der Waals surface area (Å²) in [5.41, 5.74) is 2.77. The predicted molar refractivity (Wildman–Crippen MR) is 113 cm³/mol. The van der Waals surface area contributed by atoms with Crippen molar-refractivity contribution in [2.75, 3.05) is 18.1 Å². The summed E-state index contributed by atoms with van der Waals surface area (Å²) < 4.78 is 5.23. The van der Waals surface area contributed by atoms with Crippen molar-refractivity contribution < 1.29 is 14.3 Å². The molecule has 0 fully saturated rings. The molecular formula is C23H21N3O4. The summed E-state index contributed by atoms with van der Waals surface area (Å²) in [5.74, 6) is -1.20. The zero-order chi connectivity index (χ0) is 21.7. The van der Waals surface area contributed by atoms with Gasteiger partial charge in [-0.25, -0.2) is 4.79 Å². The molecule has 3 rings (SSSR count). The van der Waals surface area contributed by atoms with E-state index in [0.29, 0.717) is 16.6 Å². The molecule has 0 aliphatic rings. The lowest BCUT2D eigenvalue weighted by molar-refractivity contribution is -0.121. The lowest BCUT2D eigenvalue weighted by Gasteiger charge is -2.22. The van der Waals surface area contributed by atoms with Crippen LogP contribution in [0.5, 0.6) is 0 Å². The van der Waals surface area contributed by atoms with Crippen LogP contribution in [0.2, 0.25) is 0 Å². The molecule has 2 aromatic carbocycles. The quantitative estimate of drug-likeness (QED) is 0.637. The molecular weight excluding hydrogens is 382 g/mol. The second-order valence-electron chi connectivity index (χ2n) is 6.97. The lowest BCUT2D eigenvalue weighted by Crippen LogP contribution is -2.35. The van der Waals surface area contributed by atoms with Crippen LogP contribution < -0.4 is 10.5 Å². The molecule has 0 aliphatic carbocycles. The average molecular weight is 403 g/mol. The number of H-pyrrole nitrogens is 1. The number of carbonyl (C=O) groups excluding carboxylic acids is 2. The highest BCUT2D eigenvalue weighted by atomic mass is 16.5. The van der Waals surface area contributed by atoms with Crippen LogP contribution in [0, 0.1) is 25.2 Å². The van der Waals surface area contributed by atoms with Crippen molar-refractivity contribution in [1.82, 2.24) is 4.98 Å². The number of ether oxygens (including phenoxy) is 1. The Morgan fingerprint density at radius 2 is 1.80 bits per heavy atom. The third-order valence-electron chi connectivity index (χ3n) is 4.56. The number of anilines is 1. The summed E-state index contributed by atoms with van der Waals surface area (Å²) in [7, 11) is 0. The second kappa shape index (κ2) is 9.05. The first-order chi connectivity index (χ1) is 14.4. The number of nitrogens with zero attached hydrogens (tertiary/aromatic N) is 2. The van der Waals surface area contributed by atoms with Gasteiger partial charge in [0.15, 0.2) is 6.61 Å². The predicted octanol–water partition coefficient (Wildman–Crippen LogP) is 3.25. The van der Waals surface area contributed by atoms with Crippen LogP contribution in [-0.4, -0.2) is 30.0 Å². The minimum absolute atomic E-state index is 0.0946. The number of nitrogens with one attached hydrogen (secondary N) is 1. The molecule has 0 atom stereocenters. The second-order valence-corrected chi connectivity index (χ2v) is 6.97. The molecule has 0 bridgehead atoms. The Kier molecular flexibility index (Phi) is 6.28. The molecule has 0 aliphatic heterocycles. The number of esters is 1. The lowest BCUT2D eigenvalue weighted by atomic mass is 10.1. The van der Waals surface area contributed by atoms with E-state index in [2.05, 4.69) is 4.98 Å². The highest BCUT2D eigenvalue weighted by Gasteiger charge is 2.20. The van der Waals surface area contributed by atoms with E-state index in [1.165, 1.54) is 4.90 Å². The Morgan fingerprint density at radius 1 is 1.10 bits per heavy atom. The van der Waals surface area contributed by atoms with E-state index in [1.54, 1.807) is 24.3 Å². The van der Waals surface area contributed by atoms with Gasteiger partial charge in [0.05, 0.1) is 18.1 Å². The molecule has 0 unspecified atom stereocenters. The van der Waals surface area contributed by atoms with Crippen molar-refractivity contribution in [3.05, 3.63) is 75.6 Å². The van der Waals surface area contributed by atoms with Crippen LogP contribution in [-0.2, 0) is 9.53 Å². The molecule has 1 aromatic heterocycles. The molecule has 0 radical (unpaired) electrons. The first-order valence-corrected chi connectivity index (χ1v) is 9.44. The van der Waals surface area contributed by atoms with E-state index in [0.717, 1.165) is 17.2 Å².